The fraction of sp³-hybridized carbons (Fsp3) is 0.188. The molecule has 0 saturated carbocycles. The molecule has 5 nitrogen and oxygen atoms in total. The molecule has 116 valence electrons. The third-order valence-corrected chi connectivity index (χ3v) is 4.57. The highest BCUT2D eigenvalue weighted by molar-refractivity contribution is 7.89. The van der Waals surface area contributed by atoms with Crippen LogP contribution in [0.5, 0.6) is 0 Å². The molecule has 0 aliphatic heterocycles. The lowest BCUT2D eigenvalue weighted by Crippen LogP contribution is -2.33. The van der Waals surface area contributed by atoms with Crippen molar-refractivity contribution in [1.29, 1.82) is 0 Å². The Bertz CT molecular complexity index is 743. The first-order valence-corrected chi connectivity index (χ1v) is 8.37. The molecular weight excluding hydrogens is 300 g/mol. The molecule has 0 radical (unpaired) electrons. The van der Waals surface area contributed by atoms with Crippen LogP contribution in [0.4, 0.5) is 0 Å². The van der Waals surface area contributed by atoms with E-state index in [1.807, 2.05) is 30.3 Å². The van der Waals surface area contributed by atoms with Gasteiger partial charge in [-0.25, -0.2) is 13.1 Å². The minimum atomic E-state index is -3.64. The molecule has 0 aliphatic carbocycles. The van der Waals surface area contributed by atoms with E-state index in [4.69, 9.17) is 0 Å². The molecule has 0 atom stereocenters. The molecule has 2 aromatic carbocycles. The van der Waals surface area contributed by atoms with Crippen LogP contribution < -0.4 is 10.0 Å². The number of hydrogen-bond acceptors (Lipinski definition) is 3. The van der Waals surface area contributed by atoms with Crippen LogP contribution in [0, 0.1) is 0 Å². The molecule has 0 aliphatic rings. The number of hydrogen-bond donors (Lipinski definition) is 2. The molecule has 0 unspecified atom stereocenters. The van der Waals surface area contributed by atoms with Gasteiger partial charge in [0.2, 0.25) is 15.9 Å². The van der Waals surface area contributed by atoms with Crippen molar-refractivity contribution in [1.82, 2.24) is 10.0 Å². The summed E-state index contributed by atoms with van der Waals surface area (Å²) in [7, 11) is -3.64. The molecule has 0 bridgehead atoms. The summed E-state index contributed by atoms with van der Waals surface area (Å²) in [6.07, 6.45) is 0. The fourth-order valence-corrected chi connectivity index (χ4v) is 3.32. The minimum absolute atomic E-state index is 0.144. The van der Waals surface area contributed by atoms with Crippen LogP contribution in [-0.4, -0.2) is 27.4 Å². The predicted octanol–water partition coefficient (Wildman–Crippen LogP) is 1.77. The molecule has 0 aromatic heterocycles. The van der Waals surface area contributed by atoms with Crippen LogP contribution in [0.25, 0.3) is 11.1 Å². The second kappa shape index (κ2) is 7.20. The zero-order chi connectivity index (χ0) is 16.0. The molecule has 0 fully saturated rings. The summed E-state index contributed by atoms with van der Waals surface area (Å²) in [5.41, 5.74) is 1.49. The van der Waals surface area contributed by atoms with Gasteiger partial charge in [0.1, 0.15) is 0 Å². The van der Waals surface area contributed by atoms with Gasteiger partial charge in [-0.05, 0) is 11.6 Å². The van der Waals surface area contributed by atoms with Gasteiger partial charge in [-0.1, -0.05) is 48.5 Å². The van der Waals surface area contributed by atoms with Gasteiger partial charge in [0.05, 0.1) is 4.90 Å². The van der Waals surface area contributed by atoms with Crippen LogP contribution in [-0.2, 0) is 14.8 Å². The van der Waals surface area contributed by atoms with Crippen LogP contribution in [0.3, 0.4) is 0 Å². The highest BCUT2D eigenvalue weighted by Crippen LogP contribution is 2.26. The van der Waals surface area contributed by atoms with E-state index in [9.17, 15) is 13.2 Å². The van der Waals surface area contributed by atoms with E-state index in [1.54, 1.807) is 24.3 Å². The third-order valence-electron chi connectivity index (χ3n) is 3.05. The van der Waals surface area contributed by atoms with Gasteiger partial charge in [0.15, 0.2) is 0 Å². The van der Waals surface area contributed by atoms with Gasteiger partial charge in [0, 0.05) is 25.6 Å². The van der Waals surface area contributed by atoms with E-state index in [1.165, 1.54) is 6.92 Å². The van der Waals surface area contributed by atoms with Gasteiger partial charge in [-0.15, -0.1) is 0 Å². The monoisotopic (exact) mass is 318 g/mol. The van der Waals surface area contributed by atoms with Gasteiger partial charge in [-0.2, -0.15) is 0 Å². The molecule has 1 amide bonds. The van der Waals surface area contributed by atoms with Gasteiger partial charge in [-0.3, -0.25) is 4.79 Å². The van der Waals surface area contributed by atoms with E-state index in [0.29, 0.717) is 5.56 Å². The number of carbonyl (C=O) groups is 1. The number of rotatable bonds is 6. The van der Waals surface area contributed by atoms with E-state index in [2.05, 4.69) is 10.0 Å². The third kappa shape index (κ3) is 4.16. The molecule has 0 heterocycles. The zero-order valence-electron chi connectivity index (χ0n) is 12.2. The van der Waals surface area contributed by atoms with Gasteiger partial charge in [0.25, 0.3) is 0 Å². The van der Waals surface area contributed by atoms with Crippen molar-refractivity contribution in [3.63, 3.8) is 0 Å². The van der Waals surface area contributed by atoms with E-state index < -0.39 is 10.0 Å². The first-order valence-electron chi connectivity index (χ1n) is 6.89. The summed E-state index contributed by atoms with van der Waals surface area (Å²) in [6, 6.07) is 16.2. The molecule has 2 N–H and O–H groups in total. The number of sulfonamides is 1. The summed E-state index contributed by atoms with van der Waals surface area (Å²) in [5.74, 6) is -0.191. The number of carbonyl (C=O) groups excluding carboxylic acids is 1. The van der Waals surface area contributed by atoms with Crippen molar-refractivity contribution < 1.29 is 13.2 Å². The van der Waals surface area contributed by atoms with Crippen molar-refractivity contribution in [3.8, 4) is 11.1 Å². The Morgan fingerprint density at radius 2 is 1.59 bits per heavy atom. The maximum Gasteiger partial charge on any atom is 0.241 e. The normalized spacial score (nSPS) is 11.1. The van der Waals surface area contributed by atoms with Crippen molar-refractivity contribution >= 4 is 15.9 Å². The van der Waals surface area contributed by atoms with Crippen LogP contribution in [0.2, 0.25) is 0 Å². The number of benzene rings is 2. The lowest BCUT2D eigenvalue weighted by molar-refractivity contribution is -0.118. The van der Waals surface area contributed by atoms with Gasteiger partial charge < -0.3 is 5.32 Å². The predicted molar refractivity (Wildman–Crippen MR) is 85.8 cm³/mol. The number of amides is 1. The Labute approximate surface area is 130 Å². The fourth-order valence-electron chi connectivity index (χ4n) is 2.06. The lowest BCUT2D eigenvalue weighted by Gasteiger charge is -2.12. The molecule has 22 heavy (non-hydrogen) atoms. The summed E-state index contributed by atoms with van der Waals surface area (Å²) in [4.78, 5) is 11.0. The zero-order valence-corrected chi connectivity index (χ0v) is 13.1. The SMILES string of the molecule is CC(=O)NCCNS(=O)(=O)c1ccccc1-c1ccccc1. The molecule has 0 spiro atoms. The Morgan fingerprint density at radius 3 is 2.27 bits per heavy atom. The topological polar surface area (TPSA) is 75.3 Å². The smallest absolute Gasteiger partial charge is 0.241 e. The maximum absolute atomic E-state index is 12.4. The van der Waals surface area contributed by atoms with E-state index in [-0.39, 0.29) is 23.9 Å². The van der Waals surface area contributed by atoms with Crippen LogP contribution in [0.1, 0.15) is 6.92 Å². The Hall–Kier alpha value is -2.18. The largest absolute Gasteiger partial charge is 0.355 e. The summed E-state index contributed by atoms with van der Waals surface area (Å²) >= 11 is 0. The molecule has 0 saturated heterocycles. The summed E-state index contributed by atoms with van der Waals surface area (Å²) in [5, 5.41) is 2.55. The van der Waals surface area contributed by atoms with Crippen molar-refractivity contribution in [3.05, 3.63) is 54.6 Å². The summed E-state index contributed by atoms with van der Waals surface area (Å²) in [6.45, 7) is 1.78. The Balaban J connectivity index is 2.23. The maximum atomic E-state index is 12.4. The minimum Gasteiger partial charge on any atom is -0.355 e. The Morgan fingerprint density at radius 1 is 0.955 bits per heavy atom. The highest BCUT2D eigenvalue weighted by atomic mass is 32.2. The first kappa shape index (κ1) is 16.2. The van der Waals surface area contributed by atoms with Crippen molar-refractivity contribution in [2.24, 2.45) is 0 Å². The number of nitrogens with one attached hydrogen (secondary N) is 2. The molecule has 2 aromatic rings. The van der Waals surface area contributed by atoms with Crippen LogP contribution in [0.15, 0.2) is 59.5 Å². The van der Waals surface area contributed by atoms with Crippen molar-refractivity contribution in [2.75, 3.05) is 13.1 Å². The second-order valence-electron chi connectivity index (χ2n) is 4.74. The quantitative estimate of drug-likeness (QED) is 0.797. The van der Waals surface area contributed by atoms with Crippen LogP contribution >= 0.6 is 0 Å². The standard InChI is InChI=1S/C16H18N2O3S/c1-13(19)17-11-12-18-22(20,21)16-10-6-5-9-15(16)14-7-3-2-4-8-14/h2-10,18H,11-12H2,1H3,(H,17,19). The summed E-state index contributed by atoms with van der Waals surface area (Å²) < 4.78 is 27.4. The average molecular weight is 318 g/mol. The molecule has 6 heteroatoms. The van der Waals surface area contributed by atoms with Crippen molar-refractivity contribution in [2.45, 2.75) is 11.8 Å². The Kier molecular flexibility index (Phi) is 5.30. The molecular formula is C16H18N2O3S. The molecule has 2 rings (SSSR count). The highest BCUT2D eigenvalue weighted by Gasteiger charge is 2.18. The van der Waals surface area contributed by atoms with E-state index in [0.717, 1.165) is 5.56 Å². The van der Waals surface area contributed by atoms with E-state index >= 15 is 0 Å². The first-order chi connectivity index (χ1) is 10.5. The average Bonchev–Trinajstić information content (AvgIpc) is 2.52. The van der Waals surface area contributed by atoms with Gasteiger partial charge >= 0.3 is 0 Å². The second-order valence-corrected chi connectivity index (χ2v) is 6.48. The lowest BCUT2D eigenvalue weighted by atomic mass is 10.1.